The third-order valence-electron chi connectivity index (χ3n) is 4.38. The highest BCUT2D eigenvalue weighted by molar-refractivity contribution is 4.84. The minimum Gasteiger partial charge on any atom is -0.396 e. The van der Waals surface area contributed by atoms with Crippen LogP contribution in [0, 0.1) is 5.92 Å². The van der Waals surface area contributed by atoms with Crippen molar-refractivity contribution in [3.05, 3.63) is 0 Å². The molecule has 3 heteroatoms. The van der Waals surface area contributed by atoms with Crippen molar-refractivity contribution >= 4 is 0 Å². The first-order chi connectivity index (χ1) is 9.31. The van der Waals surface area contributed by atoms with Gasteiger partial charge in [0.25, 0.3) is 0 Å². The second-order valence-corrected chi connectivity index (χ2v) is 5.96. The van der Waals surface area contributed by atoms with E-state index in [1.807, 2.05) is 0 Å². The number of piperidine rings is 1. The van der Waals surface area contributed by atoms with Crippen LogP contribution in [0.1, 0.15) is 58.8 Å². The lowest BCUT2D eigenvalue weighted by atomic mass is 9.89. The molecule has 0 aromatic rings. The van der Waals surface area contributed by atoms with Crippen LogP contribution in [-0.2, 0) is 0 Å². The van der Waals surface area contributed by atoms with Gasteiger partial charge in [0, 0.05) is 19.2 Å². The minimum absolute atomic E-state index is 0.354. The third-order valence-corrected chi connectivity index (χ3v) is 4.38. The fourth-order valence-corrected chi connectivity index (χ4v) is 3.12. The van der Waals surface area contributed by atoms with Gasteiger partial charge in [-0.2, -0.15) is 0 Å². The number of rotatable bonds is 10. The highest BCUT2D eigenvalue weighted by Gasteiger charge is 2.26. The van der Waals surface area contributed by atoms with Crippen LogP contribution in [0.5, 0.6) is 0 Å². The van der Waals surface area contributed by atoms with Gasteiger partial charge in [0.05, 0.1) is 0 Å². The van der Waals surface area contributed by atoms with E-state index in [4.69, 9.17) is 5.11 Å². The lowest BCUT2D eigenvalue weighted by Crippen LogP contribution is -2.49. The highest BCUT2D eigenvalue weighted by Crippen LogP contribution is 2.20. The standard InChI is InChI=1S/C16H34N2O/c1-3-10-17-16-9-12-18(14-15(16)4-2)11-7-5-6-8-13-19/h15-17,19H,3-14H2,1-2H3. The summed E-state index contributed by atoms with van der Waals surface area (Å²) in [7, 11) is 0. The van der Waals surface area contributed by atoms with Crippen LogP contribution in [0.15, 0.2) is 0 Å². The predicted octanol–water partition coefficient (Wildman–Crippen LogP) is 2.64. The fraction of sp³-hybridized carbons (Fsp3) is 1.00. The number of nitrogens with zero attached hydrogens (tertiary/aromatic N) is 1. The Morgan fingerprint density at radius 3 is 2.63 bits per heavy atom. The summed E-state index contributed by atoms with van der Waals surface area (Å²) in [6.07, 6.45) is 8.57. The zero-order valence-corrected chi connectivity index (χ0v) is 13.0. The topological polar surface area (TPSA) is 35.5 Å². The van der Waals surface area contributed by atoms with Crippen LogP contribution in [0.2, 0.25) is 0 Å². The molecule has 2 atom stereocenters. The molecule has 1 rings (SSSR count). The number of hydrogen-bond donors (Lipinski definition) is 2. The molecular weight excluding hydrogens is 236 g/mol. The first-order valence-corrected chi connectivity index (χ1v) is 8.38. The Morgan fingerprint density at radius 2 is 1.95 bits per heavy atom. The van der Waals surface area contributed by atoms with Crippen molar-refractivity contribution in [3.8, 4) is 0 Å². The second kappa shape index (κ2) is 10.6. The molecule has 2 N–H and O–H groups in total. The van der Waals surface area contributed by atoms with E-state index in [2.05, 4.69) is 24.1 Å². The van der Waals surface area contributed by atoms with Crippen molar-refractivity contribution in [2.24, 2.45) is 5.92 Å². The zero-order valence-electron chi connectivity index (χ0n) is 13.0. The molecule has 0 aromatic heterocycles. The maximum atomic E-state index is 8.76. The summed E-state index contributed by atoms with van der Waals surface area (Å²) in [5, 5.41) is 12.5. The summed E-state index contributed by atoms with van der Waals surface area (Å²) >= 11 is 0. The summed E-state index contributed by atoms with van der Waals surface area (Å²) in [5.74, 6) is 0.831. The summed E-state index contributed by atoms with van der Waals surface area (Å²) < 4.78 is 0. The number of hydrogen-bond acceptors (Lipinski definition) is 3. The molecule has 1 saturated heterocycles. The SMILES string of the molecule is CCCNC1CCN(CCCCCCO)CC1CC. The Balaban J connectivity index is 2.18. The van der Waals surface area contributed by atoms with Crippen molar-refractivity contribution in [1.29, 1.82) is 0 Å². The monoisotopic (exact) mass is 270 g/mol. The molecule has 114 valence electrons. The van der Waals surface area contributed by atoms with Crippen LogP contribution >= 0.6 is 0 Å². The number of aliphatic hydroxyl groups is 1. The number of nitrogens with one attached hydrogen (secondary N) is 1. The maximum Gasteiger partial charge on any atom is 0.0431 e. The van der Waals surface area contributed by atoms with Crippen LogP contribution in [0.4, 0.5) is 0 Å². The molecule has 0 aromatic carbocycles. The molecule has 3 nitrogen and oxygen atoms in total. The number of aliphatic hydroxyl groups excluding tert-OH is 1. The fourth-order valence-electron chi connectivity index (χ4n) is 3.12. The number of likely N-dealkylation sites (tertiary alicyclic amines) is 1. The highest BCUT2D eigenvalue weighted by atomic mass is 16.2. The minimum atomic E-state index is 0.354. The van der Waals surface area contributed by atoms with Crippen molar-refractivity contribution in [3.63, 3.8) is 0 Å². The zero-order chi connectivity index (χ0) is 13.9. The summed E-state index contributed by atoms with van der Waals surface area (Å²) in [6, 6.07) is 0.746. The molecule has 0 radical (unpaired) electrons. The van der Waals surface area contributed by atoms with E-state index < -0.39 is 0 Å². The molecule has 1 heterocycles. The molecule has 2 unspecified atom stereocenters. The van der Waals surface area contributed by atoms with Gasteiger partial charge in [-0.05, 0) is 51.2 Å². The summed E-state index contributed by atoms with van der Waals surface area (Å²) in [5.41, 5.74) is 0. The Kier molecular flexibility index (Phi) is 9.48. The van der Waals surface area contributed by atoms with Gasteiger partial charge in [-0.25, -0.2) is 0 Å². The van der Waals surface area contributed by atoms with E-state index >= 15 is 0 Å². The molecule has 0 saturated carbocycles. The quantitative estimate of drug-likeness (QED) is 0.599. The van der Waals surface area contributed by atoms with Crippen LogP contribution in [-0.4, -0.2) is 48.8 Å². The molecule has 19 heavy (non-hydrogen) atoms. The van der Waals surface area contributed by atoms with E-state index in [-0.39, 0.29) is 0 Å². The third kappa shape index (κ3) is 6.73. The van der Waals surface area contributed by atoms with Gasteiger partial charge in [0.2, 0.25) is 0 Å². The smallest absolute Gasteiger partial charge is 0.0431 e. The first kappa shape index (κ1) is 16.9. The van der Waals surface area contributed by atoms with E-state index in [0.717, 1.165) is 18.4 Å². The van der Waals surface area contributed by atoms with Crippen molar-refractivity contribution < 1.29 is 5.11 Å². The molecule has 0 spiro atoms. The first-order valence-electron chi connectivity index (χ1n) is 8.38. The largest absolute Gasteiger partial charge is 0.396 e. The summed E-state index contributed by atoms with van der Waals surface area (Å²) in [6.45, 7) is 9.89. The second-order valence-electron chi connectivity index (χ2n) is 5.96. The van der Waals surface area contributed by atoms with Crippen LogP contribution in [0.25, 0.3) is 0 Å². The Morgan fingerprint density at radius 1 is 1.16 bits per heavy atom. The Labute approximate surface area is 119 Å². The number of unbranched alkanes of at least 4 members (excludes halogenated alkanes) is 3. The van der Waals surface area contributed by atoms with Gasteiger partial charge in [-0.1, -0.05) is 33.1 Å². The van der Waals surface area contributed by atoms with Gasteiger partial charge in [-0.3, -0.25) is 0 Å². The van der Waals surface area contributed by atoms with Crippen molar-refractivity contribution in [1.82, 2.24) is 10.2 Å². The average molecular weight is 270 g/mol. The van der Waals surface area contributed by atoms with Gasteiger partial charge in [0.15, 0.2) is 0 Å². The van der Waals surface area contributed by atoms with Crippen LogP contribution < -0.4 is 5.32 Å². The normalized spacial score (nSPS) is 24.8. The Bertz CT molecular complexity index is 209. The molecule has 0 bridgehead atoms. The molecular formula is C16H34N2O. The predicted molar refractivity (Wildman–Crippen MR) is 82.5 cm³/mol. The molecule has 1 fully saturated rings. The van der Waals surface area contributed by atoms with E-state index in [1.54, 1.807) is 0 Å². The molecule has 0 aliphatic carbocycles. The average Bonchev–Trinajstić information content (AvgIpc) is 2.45. The summed E-state index contributed by atoms with van der Waals surface area (Å²) in [4.78, 5) is 2.65. The molecule has 1 aliphatic rings. The van der Waals surface area contributed by atoms with E-state index in [1.165, 1.54) is 64.7 Å². The van der Waals surface area contributed by atoms with Crippen molar-refractivity contribution in [2.45, 2.75) is 64.8 Å². The lowest BCUT2D eigenvalue weighted by Gasteiger charge is -2.39. The van der Waals surface area contributed by atoms with E-state index in [9.17, 15) is 0 Å². The molecule has 0 amide bonds. The van der Waals surface area contributed by atoms with Gasteiger partial charge in [-0.15, -0.1) is 0 Å². The lowest BCUT2D eigenvalue weighted by molar-refractivity contribution is 0.132. The Hall–Kier alpha value is -0.120. The maximum absolute atomic E-state index is 8.76. The van der Waals surface area contributed by atoms with Crippen LogP contribution in [0.3, 0.4) is 0 Å². The molecule has 1 aliphatic heterocycles. The van der Waals surface area contributed by atoms with Gasteiger partial charge in [0.1, 0.15) is 0 Å². The van der Waals surface area contributed by atoms with Crippen molar-refractivity contribution in [2.75, 3.05) is 32.8 Å². The van der Waals surface area contributed by atoms with E-state index in [0.29, 0.717) is 6.61 Å². The van der Waals surface area contributed by atoms with Gasteiger partial charge < -0.3 is 15.3 Å². The van der Waals surface area contributed by atoms with Gasteiger partial charge >= 0.3 is 0 Å².